The number of amides is 2. The Labute approximate surface area is 181 Å². The normalized spacial score (nSPS) is 16.1. The number of hydrogen-bond donors (Lipinski definition) is 1. The lowest BCUT2D eigenvalue weighted by Crippen LogP contribution is -2.41. The van der Waals surface area contributed by atoms with E-state index < -0.39 is 0 Å². The highest BCUT2D eigenvalue weighted by Crippen LogP contribution is 2.33. The van der Waals surface area contributed by atoms with Gasteiger partial charge < -0.3 is 24.2 Å². The highest BCUT2D eigenvalue weighted by atomic mass is 16.5. The maximum Gasteiger partial charge on any atom is 0.322 e. The lowest BCUT2D eigenvalue weighted by atomic mass is 10.0. The van der Waals surface area contributed by atoms with Crippen LogP contribution in [0, 0.1) is 6.92 Å². The Morgan fingerprint density at radius 3 is 2.68 bits per heavy atom. The van der Waals surface area contributed by atoms with Crippen molar-refractivity contribution >= 4 is 11.7 Å². The van der Waals surface area contributed by atoms with Gasteiger partial charge in [-0.25, -0.2) is 4.79 Å². The summed E-state index contributed by atoms with van der Waals surface area (Å²) >= 11 is 0. The van der Waals surface area contributed by atoms with E-state index in [1.54, 1.807) is 37.3 Å². The van der Waals surface area contributed by atoms with E-state index in [-0.39, 0.29) is 12.1 Å². The van der Waals surface area contributed by atoms with Gasteiger partial charge in [0.25, 0.3) is 0 Å². The zero-order valence-electron chi connectivity index (χ0n) is 17.9. The summed E-state index contributed by atoms with van der Waals surface area (Å²) in [5, 5.41) is 7.08. The number of aromatic nitrogens is 2. The van der Waals surface area contributed by atoms with E-state index >= 15 is 0 Å². The number of methoxy groups -OCH3 is 2. The molecule has 8 heteroatoms. The standard InChI is InChI=1S/C23H26N4O4/c1-15-7-9-16(10-8-15)21-25-22(31-26-21)19-6-4-5-13-27(19)23(28)24-18-12-11-17(29-2)14-20(18)30-3/h7-12,14,19H,4-6,13H2,1-3H3,(H,24,28). The van der Waals surface area contributed by atoms with Crippen LogP contribution in [0.15, 0.2) is 47.0 Å². The number of hydrogen-bond acceptors (Lipinski definition) is 6. The molecule has 2 heterocycles. The number of urea groups is 1. The minimum Gasteiger partial charge on any atom is -0.497 e. The lowest BCUT2D eigenvalue weighted by Gasteiger charge is -2.33. The average Bonchev–Trinajstić information content (AvgIpc) is 3.30. The molecule has 2 amide bonds. The van der Waals surface area contributed by atoms with Crippen molar-refractivity contribution in [3.63, 3.8) is 0 Å². The van der Waals surface area contributed by atoms with Gasteiger partial charge in [-0.05, 0) is 38.3 Å². The molecule has 31 heavy (non-hydrogen) atoms. The fourth-order valence-electron chi connectivity index (χ4n) is 3.71. The molecular formula is C23H26N4O4. The summed E-state index contributed by atoms with van der Waals surface area (Å²) in [5.41, 5.74) is 2.62. The van der Waals surface area contributed by atoms with Crippen LogP contribution < -0.4 is 14.8 Å². The Morgan fingerprint density at radius 2 is 1.94 bits per heavy atom. The molecule has 162 valence electrons. The van der Waals surface area contributed by atoms with Crippen molar-refractivity contribution in [2.24, 2.45) is 0 Å². The molecule has 1 unspecified atom stereocenters. The van der Waals surface area contributed by atoms with Crippen LogP contribution in [-0.4, -0.2) is 41.8 Å². The van der Waals surface area contributed by atoms with Crippen LogP contribution in [-0.2, 0) is 0 Å². The fourth-order valence-corrected chi connectivity index (χ4v) is 3.71. The van der Waals surface area contributed by atoms with E-state index in [1.165, 1.54) is 0 Å². The Morgan fingerprint density at radius 1 is 1.13 bits per heavy atom. The summed E-state index contributed by atoms with van der Waals surface area (Å²) in [6.45, 7) is 2.64. The monoisotopic (exact) mass is 422 g/mol. The SMILES string of the molecule is COc1ccc(NC(=O)N2CCCCC2c2nc(-c3ccc(C)cc3)no2)c(OC)c1. The van der Waals surface area contributed by atoms with Crippen molar-refractivity contribution in [3.8, 4) is 22.9 Å². The number of anilines is 1. The molecule has 0 bridgehead atoms. The zero-order valence-corrected chi connectivity index (χ0v) is 17.9. The number of carbonyl (C=O) groups is 1. The van der Waals surface area contributed by atoms with E-state index in [0.717, 1.165) is 30.4 Å². The van der Waals surface area contributed by atoms with E-state index in [2.05, 4.69) is 15.5 Å². The van der Waals surface area contributed by atoms with Crippen LogP contribution in [0.2, 0.25) is 0 Å². The molecular weight excluding hydrogens is 396 g/mol. The summed E-state index contributed by atoms with van der Waals surface area (Å²) in [5.74, 6) is 2.16. The Bertz CT molecular complexity index is 1050. The minimum atomic E-state index is -0.273. The third-order valence-electron chi connectivity index (χ3n) is 5.45. The van der Waals surface area contributed by atoms with Crippen LogP contribution in [0.1, 0.15) is 36.8 Å². The first kappa shape index (κ1) is 20.7. The first-order valence-corrected chi connectivity index (χ1v) is 10.3. The van der Waals surface area contributed by atoms with Gasteiger partial charge in [0, 0.05) is 18.2 Å². The molecule has 0 aliphatic carbocycles. The van der Waals surface area contributed by atoms with Gasteiger partial charge in [0.15, 0.2) is 0 Å². The maximum absolute atomic E-state index is 13.1. The quantitative estimate of drug-likeness (QED) is 0.634. The van der Waals surface area contributed by atoms with Crippen LogP contribution in [0.5, 0.6) is 11.5 Å². The van der Waals surface area contributed by atoms with Gasteiger partial charge in [0.05, 0.1) is 19.9 Å². The molecule has 0 radical (unpaired) electrons. The highest BCUT2D eigenvalue weighted by Gasteiger charge is 2.32. The topological polar surface area (TPSA) is 89.7 Å². The molecule has 0 saturated carbocycles. The van der Waals surface area contributed by atoms with Crippen LogP contribution in [0.4, 0.5) is 10.5 Å². The van der Waals surface area contributed by atoms with Crippen molar-refractivity contribution in [2.45, 2.75) is 32.2 Å². The van der Waals surface area contributed by atoms with Crippen LogP contribution >= 0.6 is 0 Å². The summed E-state index contributed by atoms with van der Waals surface area (Å²) < 4.78 is 16.2. The Balaban J connectivity index is 1.54. The second kappa shape index (κ2) is 9.07. The van der Waals surface area contributed by atoms with Gasteiger partial charge in [0.2, 0.25) is 11.7 Å². The molecule has 3 aromatic rings. The number of rotatable bonds is 5. The largest absolute Gasteiger partial charge is 0.497 e. The molecule has 8 nitrogen and oxygen atoms in total. The second-order valence-corrected chi connectivity index (χ2v) is 7.52. The van der Waals surface area contributed by atoms with Gasteiger partial charge in [0.1, 0.15) is 17.5 Å². The van der Waals surface area contributed by atoms with Gasteiger partial charge in [-0.1, -0.05) is 35.0 Å². The number of benzene rings is 2. The Hall–Kier alpha value is -3.55. The smallest absolute Gasteiger partial charge is 0.322 e. The maximum atomic E-state index is 13.1. The van der Waals surface area contributed by atoms with Crippen molar-refractivity contribution in [3.05, 3.63) is 53.9 Å². The van der Waals surface area contributed by atoms with E-state index in [1.807, 2.05) is 31.2 Å². The third-order valence-corrected chi connectivity index (χ3v) is 5.45. The molecule has 2 aromatic carbocycles. The fraction of sp³-hybridized carbons (Fsp3) is 0.348. The number of ether oxygens (including phenoxy) is 2. The van der Waals surface area contributed by atoms with Gasteiger partial charge in [-0.2, -0.15) is 4.98 Å². The van der Waals surface area contributed by atoms with Crippen molar-refractivity contribution in [1.29, 1.82) is 0 Å². The molecule has 1 atom stereocenters. The third kappa shape index (κ3) is 4.47. The van der Waals surface area contributed by atoms with Gasteiger partial charge >= 0.3 is 6.03 Å². The molecule has 1 aliphatic rings. The predicted octanol–water partition coefficient (Wildman–Crippen LogP) is 4.82. The number of carbonyl (C=O) groups excluding carboxylic acids is 1. The van der Waals surface area contributed by atoms with Crippen molar-refractivity contribution in [2.75, 3.05) is 26.1 Å². The number of piperidine rings is 1. The second-order valence-electron chi connectivity index (χ2n) is 7.52. The van der Waals surface area contributed by atoms with E-state index in [4.69, 9.17) is 14.0 Å². The number of nitrogens with one attached hydrogen (secondary N) is 1. The summed E-state index contributed by atoms with van der Waals surface area (Å²) in [4.78, 5) is 19.5. The van der Waals surface area contributed by atoms with E-state index in [9.17, 15) is 4.79 Å². The summed E-state index contributed by atoms with van der Waals surface area (Å²) in [6, 6.07) is 12.7. The van der Waals surface area contributed by atoms with E-state index in [0.29, 0.717) is 35.4 Å². The molecule has 1 saturated heterocycles. The average molecular weight is 422 g/mol. The number of aryl methyl sites for hydroxylation is 1. The Kier molecular flexibility index (Phi) is 6.06. The lowest BCUT2D eigenvalue weighted by molar-refractivity contribution is 0.142. The molecule has 0 spiro atoms. The number of nitrogens with zero attached hydrogens (tertiary/aromatic N) is 3. The van der Waals surface area contributed by atoms with Crippen molar-refractivity contribution in [1.82, 2.24) is 15.0 Å². The first-order chi connectivity index (χ1) is 15.1. The predicted molar refractivity (Wildman–Crippen MR) is 116 cm³/mol. The molecule has 1 aromatic heterocycles. The molecule has 4 rings (SSSR count). The zero-order chi connectivity index (χ0) is 21.8. The summed E-state index contributed by atoms with van der Waals surface area (Å²) in [7, 11) is 3.14. The van der Waals surface area contributed by atoms with Crippen molar-refractivity contribution < 1.29 is 18.8 Å². The highest BCUT2D eigenvalue weighted by molar-refractivity contribution is 5.91. The minimum absolute atomic E-state index is 0.233. The van der Waals surface area contributed by atoms with Crippen LogP contribution in [0.3, 0.4) is 0 Å². The van der Waals surface area contributed by atoms with Gasteiger partial charge in [-0.15, -0.1) is 0 Å². The van der Waals surface area contributed by atoms with Gasteiger partial charge in [-0.3, -0.25) is 0 Å². The summed E-state index contributed by atoms with van der Waals surface area (Å²) in [6.07, 6.45) is 2.67. The molecule has 1 N–H and O–H groups in total. The molecule has 1 aliphatic heterocycles. The first-order valence-electron chi connectivity index (χ1n) is 10.3. The van der Waals surface area contributed by atoms with Crippen LogP contribution in [0.25, 0.3) is 11.4 Å². The number of likely N-dealkylation sites (tertiary alicyclic amines) is 1. The molecule has 1 fully saturated rings.